The minimum atomic E-state index is -3.54. The lowest BCUT2D eigenvalue weighted by Gasteiger charge is -2.30. The third-order valence-corrected chi connectivity index (χ3v) is 6.71. The molecule has 2 unspecified atom stereocenters. The van der Waals surface area contributed by atoms with Gasteiger partial charge in [0.2, 0.25) is 10.0 Å². The minimum absolute atomic E-state index is 0.0827. The van der Waals surface area contributed by atoms with Crippen LogP contribution in [0.2, 0.25) is 5.02 Å². The molecule has 1 aromatic carbocycles. The summed E-state index contributed by atoms with van der Waals surface area (Å²) in [5.74, 6) is 0.688. The molecule has 112 valence electrons. The van der Waals surface area contributed by atoms with Crippen LogP contribution in [-0.4, -0.2) is 20.3 Å². The van der Waals surface area contributed by atoms with Crippen LogP contribution >= 0.6 is 39.1 Å². The van der Waals surface area contributed by atoms with E-state index in [9.17, 15) is 8.42 Å². The second-order valence-electron chi connectivity index (χ2n) is 5.00. The molecule has 1 aliphatic rings. The first-order valence-corrected chi connectivity index (χ1v) is 9.66. The number of rotatable bonds is 4. The van der Waals surface area contributed by atoms with E-state index in [4.69, 9.17) is 23.2 Å². The molecule has 1 aliphatic carbocycles. The standard InChI is InChI=1S/C13H16BrCl2NO2S/c14-11-7-10(5-6-12(11)16)20(18,19)17-13-4-2-1-3-9(13)8-15/h5-7,9,13,17H,1-4,8H2. The van der Waals surface area contributed by atoms with Crippen molar-refractivity contribution < 1.29 is 8.42 Å². The van der Waals surface area contributed by atoms with Crippen molar-refractivity contribution >= 4 is 49.2 Å². The summed E-state index contributed by atoms with van der Waals surface area (Å²) in [7, 11) is -3.54. The number of benzene rings is 1. The molecule has 1 saturated carbocycles. The Morgan fingerprint density at radius 1 is 1.30 bits per heavy atom. The van der Waals surface area contributed by atoms with Gasteiger partial charge in [0.15, 0.2) is 0 Å². The topological polar surface area (TPSA) is 46.2 Å². The molecule has 0 saturated heterocycles. The van der Waals surface area contributed by atoms with Crippen LogP contribution in [0.15, 0.2) is 27.6 Å². The highest BCUT2D eigenvalue weighted by atomic mass is 79.9. The molecule has 0 aromatic heterocycles. The maximum Gasteiger partial charge on any atom is 0.240 e. The predicted molar refractivity (Wildman–Crippen MR) is 85.9 cm³/mol. The number of hydrogen-bond acceptors (Lipinski definition) is 2. The van der Waals surface area contributed by atoms with Gasteiger partial charge in [0, 0.05) is 16.4 Å². The van der Waals surface area contributed by atoms with E-state index in [1.165, 1.54) is 12.1 Å². The first-order chi connectivity index (χ1) is 9.44. The van der Waals surface area contributed by atoms with Crippen LogP contribution in [0.25, 0.3) is 0 Å². The molecule has 20 heavy (non-hydrogen) atoms. The normalized spacial score (nSPS) is 23.8. The van der Waals surface area contributed by atoms with Crippen LogP contribution in [0.1, 0.15) is 25.7 Å². The van der Waals surface area contributed by atoms with Gasteiger partial charge in [-0.05, 0) is 52.9 Å². The van der Waals surface area contributed by atoms with E-state index in [1.54, 1.807) is 6.07 Å². The van der Waals surface area contributed by atoms with Crippen LogP contribution in [0.5, 0.6) is 0 Å². The monoisotopic (exact) mass is 399 g/mol. The Hall–Kier alpha value is 0.190. The van der Waals surface area contributed by atoms with Crippen LogP contribution in [0, 0.1) is 5.92 Å². The van der Waals surface area contributed by atoms with Crippen LogP contribution in [0.4, 0.5) is 0 Å². The number of sulfonamides is 1. The Balaban J connectivity index is 2.19. The van der Waals surface area contributed by atoms with Gasteiger partial charge in [-0.25, -0.2) is 13.1 Å². The van der Waals surface area contributed by atoms with Gasteiger partial charge in [-0.2, -0.15) is 0 Å². The highest BCUT2D eigenvalue weighted by molar-refractivity contribution is 9.10. The third-order valence-electron chi connectivity index (χ3n) is 3.62. The van der Waals surface area contributed by atoms with Crippen molar-refractivity contribution in [2.75, 3.05) is 5.88 Å². The van der Waals surface area contributed by atoms with Gasteiger partial charge < -0.3 is 0 Å². The smallest absolute Gasteiger partial charge is 0.208 e. The minimum Gasteiger partial charge on any atom is -0.208 e. The Morgan fingerprint density at radius 2 is 2.00 bits per heavy atom. The summed E-state index contributed by atoms with van der Waals surface area (Å²) in [6, 6.07) is 4.51. The predicted octanol–water partition coefficient (Wildman–Crippen LogP) is 4.18. The average molecular weight is 401 g/mol. The van der Waals surface area contributed by atoms with Gasteiger partial charge in [0.25, 0.3) is 0 Å². The van der Waals surface area contributed by atoms with Crippen molar-refractivity contribution in [1.29, 1.82) is 0 Å². The van der Waals surface area contributed by atoms with Crippen molar-refractivity contribution in [3.63, 3.8) is 0 Å². The lowest BCUT2D eigenvalue weighted by atomic mass is 9.86. The summed E-state index contributed by atoms with van der Waals surface area (Å²) in [5, 5.41) is 0.486. The van der Waals surface area contributed by atoms with E-state index in [1.807, 2.05) is 0 Å². The Labute approximate surface area is 138 Å². The molecule has 0 spiro atoms. The van der Waals surface area contributed by atoms with E-state index in [-0.39, 0.29) is 16.9 Å². The first kappa shape index (κ1) is 16.6. The summed E-state index contributed by atoms with van der Waals surface area (Å²) >= 11 is 15.1. The molecule has 0 heterocycles. The van der Waals surface area contributed by atoms with E-state index in [0.717, 1.165) is 25.7 Å². The van der Waals surface area contributed by atoms with Gasteiger partial charge >= 0.3 is 0 Å². The molecule has 0 amide bonds. The lowest BCUT2D eigenvalue weighted by molar-refractivity contribution is 0.314. The maximum atomic E-state index is 12.4. The molecule has 2 rings (SSSR count). The molecule has 0 bridgehead atoms. The zero-order valence-electron chi connectivity index (χ0n) is 10.8. The van der Waals surface area contributed by atoms with Crippen molar-refractivity contribution in [2.45, 2.75) is 36.6 Å². The fourth-order valence-corrected chi connectivity index (χ4v) is 4.84. The second kappa shape index (κ2) is 6.97. The maximum absolute atomic E-state index is 12.4. The third kappa shape index (κ3) is 3.89. The van der Waals surface area contributed by atoms with E-state index >= 15 is 0 Å². The summed E-state index contributed by atoms with van der Waals surface area (Å²) in [5.41, 5.74) is 0. The zero-order chi connectivity index (χ0) is 14.8. The molecule has 1 aromatic rings. The molecular weight excluding hydrogens is 385 g/mol. The SMILES string of the molecule is O=S(=O)(NC1CCCCC1CCl)c1ccc(Cl)c(Br)c1. The van der Waals surface area contributed by atoms with E-state index < -0.39 is 10.0 Å². The molecule has 2 atom stereocenters. The quantitative estimate of drug-likeness (QED) is 0.770. The van der Waals surface area contributed by atoms with Crippen molar-refractivity contribution in [3.8, 4) is 0 Å². The van der Waals surface area contributed by atoms with Crippen molar-refractivity contribution in [1.82, 2.24) is 4.72 Å². The molecule has 1 N–H and O–H groups in total. The highest BCUT2D eigenvalue weighted by Crippen LogP contribution is 2.28. The number of nitrogens with one attached hydrogen (secondary N) is 1. The molecule has 0 radical (unpaired) electrons. The Kier molecular flexibility index (Phi) is 5.77. The van der Waals surface area contributed by atoms with E-state index in [0.29, 0.717) is 15.4 Å². The summed E-state index contributed by atoms with van der Waals surface area (Å²) in [6.45, 7) is 0. The largest absolute Gasteiger partial charge is 0.240 e. The van der Waals surface area contributed by atoms with Gasteiger partial charge in [-0.1, -0.05) is 24.4 Å². The fraction of sp³-hybridized carbons (Fsp3) is 0.538. The van der Waals surface area contributed by atoms with E-state index in [2.05, 4.69) is 20.7 Å². The fourth-order valence-electron chi connectivity index (χ4n) is 2.46. The first-order valence-electron chi connectivity index (χ1n) is 6.47. The van der Waals surface area contributed by atoms with Crippen LogP contribution in [-0.2, 0) is 10.0 Å². The van der Waals surface area contributed by atoms with Crippen LogP contribution in [0.3, 0.4) is 0 Å². The zero-order valence-corrected chi connectivity index (χ0v) is 14.7. The van der Waals surface area contributed by atoms with Gasteiger partial charge in [0.1, 0.15) is 0 Å². The van der Waals surface area contributed by atoms with Gasteiger partial charge in [0.05, 0.1) is 9.92 Å². The summed E-state index contributed by atoms with van der Waals surface area (Å²) < 4.78 is 28.2. The molecular formula is C13H16BrCl2NO2S. The molecule has 0 aliphatic heterocycles. The number of alkyl halides is 1. The number of halogens is 3. The van der Waals surface area contributed by atoms with Crippen molar-refractivity contribution in [3.05, 3.63) is 27.7 Å². The lowest BCUT2D eigenvalue weighted by Crippen LogP contribution is -2.42. The second-order valence-corrected chi connectivity index (χ2v) is 8.29. The van der Waals surface area contributed by atoms with Crippen molar-refractivity contribution in [2.24, 2.45) is 5.92 Å². The van der Waals surface area contributed by atoms with Gasteiger partial charge in [-0.3, -0.25) is 0 Å². The summed E-state index contributed by atoms with van der Waals surface area (Å²) in [4.78, 5) is 0.215. The van der Waals surface area contributed by atoms with Gasteiger partial charge in [-0.15, -0.1) is 11.6 Å². The highest BCUT2D eigenvalue weighted by Gasteiger charge is 2.29. The Bertz CT molecular complexity index is 580. The Morgan fingerprint density at radius 3 is 2.65 bits per heavy atom. The summed E-state index contributed by atoms with van der Waals surface area (Å²) in [6.07, 6.45) is 3.96. The number of hydrogen-bond donors (Lipinski definition) is 1. The molecule has 1 fully saturated rings. The average Bonchev–Trinajstić information content (AvgIpc) is 2.42. The molecule has 3 nitrogen and oxygen atoms in total. The van der Waals surface area contributed by atoms with Crippen LogP contribution < -0.4 is 4.72 Å². The molecule has 7 heteroatoms.